The molecule has 2 fully saturated rings. The van der Waals surface area contributed by atoms with E-state index in [1.165, 1.54) is 9.03 Å². The maximum atomic E-state index is 13.9. The second kappa shape index (κ2) is 23.2. The summed E-state index contributed by atoms with van der Waals surface area (Å²) in [6.45, 7) is 19.4. The monoisotopic (exact) mass is 1090 g/mol. The number of carbonyl (C=O) groups excluding carboxylic acids is 3. The van der Waals surface area contributed by atoms with Gasteiger partial charge in [-0.15, -0.1) is 10.2 Å². The Morgan fingerprint density at radius 1 is 0.662 bits per heavy atom. The van der Waals surface area contributed by atoms with Crippen molar-refractivity contribution in [2.24, 2.45) is 0 Å². The van der Waals surface area contributed by atoms with E-state index in [9.17, 15) is 24.0 Å². The third kappa shape index (κ3) is 12.4. The van der Waals surface area contributed by atoms with Crippen molar-refractivity contribution in [1.29, 1.82) is 0 Å². The van der Waals surface area contributed by atoms with Gasteiger partial charge in [-0.1, -0.05) is 35.4 Å². The number of carbonyl (C=O) groups is 3. The number of hydrogen-bond acceptors (Lipinski definition) is 15. The lowest BCUT2D eigenvalue weighted by atomic mass is 10.1. The van der Waals surface area contributed by atoms with Gasteiger partial charge in [0.15, 0.2) is 11.6 Å². The fourth-order valence-corrected chi connectivity index (χ4v) is 10.1. The van der Waals surface area contributed by atoms with E-state index in [1.54, 1.807) is 57.4 Å². The van der Waals surface area contributed by atoms with Crippen molar-refractivity contribution in [3.8, 4) is 0 Å². The highest BCUT2D eigenvalue weighted by molar-refractivity contribution is 6.31. The van der Waals surface area contributed by atoms with Crippen LogP contribution < -0.4 is 36.9 Å². The Morgan fingerprint density at radius 3 is 1.51 bits per heavy atom. The number of rotatable bonds is 10. The number of halogens is 2. The van der Waals surface area contributed by atoms with Gasteiger partial charge in [-0.3, -0.25) is 19.2 Å². The quantitative estimate of drug-likeness (QED) is 0.150. The lowest BCUT2D eigenvalue weighted by Crippen LogP contribution is -2.51. The maximum absolute atomic E-state index is 13.9. The largest absolute Gasteiger partial charge is 0.444 e. The molecule has 0 radical (unpaired) electrons. The molecule has 2 saturated heterocycles. The van der Waals surface area contributed by atoms with Crippen LogP contribution in [0.1, 0.15) is 67.8 Å². The summed E-state index contributed by atoms with van der Waals surface area (Å²) in [5.74, 6) is 1.03. The molecule has 0 atom stereocenters. The van der Waals surface area contributed by atoms with E-state index in [4.69, 9.17) is 47.4 Å². The van der Waals surface area contributed by atoms with Crippen LogP contribution in [0, 0.1) is 27.7 Å². The molecule has 3 N–H and O–H groups in total. The molecule has 2 aromatic carbocycles. The predicted molar refractivity (Wildman–Crippen MR) is 296 cm³/mol. The standard InChI is InChI=1S/C29H36ClN7O5.C24H28ClN7O3/c1-18-16-21(30)6-7-22(18)31-23(38)17-36-19(2)24(34-10-12-35(13-11-34)28(40)42-29(3,4)5)26(39)37-27(36)32-25(33-37)20-8-14-41-15-9-20;1-15-13-18(25)3-4-19(15)27-20(33)14-31-16(2)21(30-9-7-26-8-10-30)23(34)32-24(31)28-22(29-32)17-5-11-35-12-6-17/h6-8,16H,9-15,17H2,1-5H3,(H,31,38);3-5,13,26H,6-12,14H2,1-2H3,(H,27,33). The van der Waals surface area contributed by atoms with Gasteiger partial charge < -0.3 is 54.0 Å². The lowest BCUT2D eigenvalue weighted by Gasteiger charge is -2.37. The van der Waals surface area contributed by atoms with Gasteiger partial charge in [-0.05, 0) is 120 Å². The van der Waals surface area contributed by atoms with Crippen LogP contribution in [-0.2, 0) is 36.9 Å². The van der Waals surface area contributed by atoms with Gasteiger partial charge in [0.05, 0.1) is 26.4 Å². The average molecular weight is 1100 g/mol. The lowest BCUT2D eigenvalue weighted by molar-refractivity contribution is -0.117. The zero-order valence-corrected chi connectivity index (χ0v) is 45.9. The highest BCUT2D eigenvalue weighted by Gasteiger charge is 2.31. The summed E-state index contributed by atoms with van der Waals surface area (Å²) in [5.41, 5.74) is 5.94. The summed E-state index contributed by atoms with van der Waals surface area (Å²) in [6.07, 6.45) is 4.76. The first-order valence-electron chi connectivity index (χ1n) is 25.7. The second-order valence-corrected chi connectivity index (χ2v) is 21.1. The topological polar surface area (TPSA) is 229 Å². The predicted octanol–water partition coefficient (Wildman–Crippen LogP) is 5.67. The van der Waals surface area contributed by atoms with E-state index in [-0.39, 0.29) is 47.9 Å². The van der Waals surface area contributed by atoms with Crippen LogP contribution in [0.5, 0.6) is 0 Å². The Labute approximate surface area is 454 Å². The summed E-state index contributed by atoms with van der Waals surface area (Å²) < 4.78 is 22.5. The summed E-state index contributed by atoms with van der Waals surface area (Å²) in [6, 6.07) is 10.6. The number of piperazine rings is 2. The Morgan fingerprint density at radius 2 is 1.10 bits per heavy atom. The smallest absolute Gasteiger partial charge is 0.410 e. The third-order valence-corrected chi connectivity index (χ3v) is 14.1. The highest BCUT2D eigenvalue weighted by atomic mass is 35.5. The Bertz CT molecular complexity index is 3430. The first-order valence-corrected chi connectivity index (χ1v) is 26.4. The Kier molecular flexibility index (Phi) is 16.5. The van der Waals surface area contributed by atoms with Crippen molar-refractivity contribution in [3.05, 3.63) is 113 Å². The fraction of sp³-hybridized carbons (Fsp3) is 0.453. The summed E-state index contributed by atoms with van der Waals surface area (Å²) >= 11 is 12.1. The molecular formula is C53H64Cl2N14O8. The number of ether oxygens (including phenoxy) is 3. The van der Waals surface area contributed by atoms with E-state index in [0.717, 1.165) is 35.4 Å². The number of nitrogens with one attached hydrogen (secondary N) is 3. The van der Waals surface area contributed by atoms with Gasteiger partial charge in [-0.2, -0.15) is 19.0 Å². The molecule has 0 unspecified atom stereocenters. The Balaban J connectivity index is 0.000000191. The zero-order chi connectivity index (χ0) is 54.7. The molecule has 0 spiro atoms. The fourth-order valence-electron chi connectivity index (χ4n) is 9.66. The van der Waals surface area contributed by atoms with Crippen LogP contribution in [0.4, 0.5) is 27.5 Å². The van der Waals surface area contributed by atoms with Crippen LogP contribution in [0.25, 0.3) is 22.7 Å². The number of hydrogen-bond donors (Lipinski definition) is 3. The molecule has 0 saturated carbocycles. The van der Waals surface area contributed by atoms with E-state index in [2.05, 4.69) is 31.0 Å². The third-order valence-electron chi connectivity index (χ3n) is 13.7. The number of aromatic nitrogens is 8. The molecule has 0 bridgehead atoms. The van der Waals surface area contributed by atoms with Crippen molar-refractivity contribution < 1.29 is 28.6 Å². The van der Waals surface area contributed by atoms with Gasteiger partial charge in [0.2, 0.25) is 23.4 Å². The van der Waals surface area contributed by atoms with Gasteiger partial charge in [0, 0.05) is 85.2 Å². The number of fused-ring (bicyclic) bond motifs is 2. The Hall–Kier alpha value is -7.11. The summed E-state index contributed by atoms with van der Waals surface area (Å²) in [4.78, 5) is 81.6. The minimum Gasteiger partial charge on any atom is -0.444 e. The highest BCUT2D eigenvalue weighted by Crippen LogP contribution is 2.27. The molecule has 3 amide bonds. The molecule has 24 heteroatoms. The van der Waals surface area contributed by atoms with Crippen LogP contribution in [-0.4, -0.2) is 146 Å². The first-order chi connectivity index (χ1) is 36.8. The van der Waals surface area contributed by atoms with E-state index >= 15 is 0 Å². The normalized spacial score (nSPS) is 16.2. The SMILES string of the molecule is Cc1cc(Cl)ccc1NC(=O)Cn1c(C)c(N2CCN(C(=O)OC(C)(C)C)CC2)c(=O)n2nc(C3=CCOCC3)nc12.Cc1cc(Cl)ccc1NC(=O)Cn1c(C)c(N2CCNCC2)c(=O)n2nc(C3=CCOCC3)nc12. The van der Waals surface area contributed by atoms with Crippen LogP contribution in [0.15, 0.2) is 58.1 Å². The van der Waals surface area contributed by atoms with E-state index in [1.807, 2.05) is 58.6 Å². The summed E-state index contributed by atoms with van der Waals surface area (Å²) in [5, 5.41) is 19.6. The van der Waals surface area contributed by atoms with Crippen molar-refractivity contribution in [3.63, 3.8) is 0 Å². The van der Waals surface area contributed by atoms with E-state index in [0.29, 0.717) is 140 Å². The van der Waals surface area contributed by atoms with Gasteiger partial charge in [0.25, 0.3) is 11.1 Å². The van der Waals surface area contributed by atoms with Crippen LogP contribution in [0.3, 0.4) is 0 Å². The molecular weight excluding hydrogens is 1030 g/mol. The molecule has 6 aromatic rings. The van der Waals surface area contributed by atoms with Gasteiger partial charge in [0.1, 0.15) is 30.1 Å². The van der Waals surface area contributed by atoms with Crippen molar-refractivity contribution in [2.45, 2.75) is 80.0 Å². The molecule has 0 aliphatic carbocycles. The van der Waals surface area contributed by atoms with Gasteiger partial charge in [-0.25, -0.2) is 4.79 Å². The molecule has 4 aliphatic heterocycles. The maximum Gasteiger partial charge on any atom is 0.410 e. The zero-order valence-electron chi connectivity index (χ0n) is 44.4. The molecule has 77 heavy (non-hydrogen) atoms. The number of nitrogens with zero attached hydrogens (tertiary/aromatic N) is 11. The first kappa shape index (κ1) is 54.7. The van der Waals surface area contributed by atoms with Crippen molar-refractivity contribution >= 4 is 86.6 Å². The van der Waals surface area contributed by atoms with Gasteiger partial charge >= 0.3 is 6.09 Å². The second-order valence-electron chi connectivity index (χ2n) is 20.3. The van der Waals surface area contributed by atoms with Crippen molar-refractivity contribution in [1.82, 2.24) is 48.5 Å². The number of amides is 3. The van der Waals surface area contributed by atoms with E-state index < -0.39 is 5.60 Å². The molecule has 4 aromatic heterocycles. The molecule has 8 heterocycles. The minimum absolute atomic E-state index is 0.0168. The number of anilines is 4. The average Bonchev–Trinajstić information content (AvgIpc) is 4.18. The molecule has 10 rings (SSSR count). The molecule has 22 nitrogen and oxygen atoms in total. The number of aryl methyl sites for hydroxylation is 2. The molecule has 4 aliphatic rings. The van der Waals surface area contributed by atoms with Crippen molar-refractivity contribution in [2.75, 3.05) is 99.2 Å². The number of benzene rings is 2. The van der Waals surface area contributed by atoms with Crippen LogP contribution >= 0.6 is 23.2 Å². The van der Waals surface area contributed by atoms with Crippen LogP contribution in [0.2, 0.25) is 10.0 Å². The molecule has 408 valence electrons. The summed E-state index contributed by atoms with van der Waals surface area (Å²) in [7, 11) is 0. The minimum atomic E-state index is -0.598.